The third-order valence-corrected chi connectivity index (χ3v) is 2.88. The predicted octanol–water partition coefficient (Wildman–Crippen LogP) is 2.24. The summed E-state index contributed by atoms with van der Waals surface area (Å²) in [6, 6.07) is 3.78. The highest BCUT2D eigenvalue weighted by atomic mass is 79.9. The van der Waals surface area contributed by atoms with E-state index in [0.29, 0.717) is 13.2 Å². The van der Waals surface area contributed by atoms with Gasteiger partial charge in [0.15, 0.2) is 11.5 Å². The number of halogens is 1. The van der Waals surface area contributed by atoms with E-state index in [1.807, 2.05) is 19.1 Å². The lowest BCUT2D eigenvalue weighted by atomic mass is 10.1. The van der Waals surface area contributed by atoms with E-state index in [4.69, 9.17) is 15.2 Å². The van der Waals surface area contributed by atoms with Crippen LogP contribution < -0.4 is 15.2 Å². The second kappa shape index (κ2) is 3.79. The molecule has 0 bridgehead atoms. The second-order valence-corrected chi connectivity index (χ2v) is 3.99. The van der Waals surface area contributed by atoms with Gasteiger partial charge in [0.2, 0.25) is 0 Å². The molecule has 0 saturated heterocycles. The predicted molar refractivity (Wildman–Crippen MR) is 57.7 cm³/mol. The van der Waals surface area contributed by atoms with Gasteiger partial charge in [-0.15, -0.1) is 0 Å². The summed E-state index contributed by atoms with van der Waals surface area (Å²) < 4.78 is 11.9. The van der Waals surface area contributed by atoms with Crippen molar-refractivity contribution in [3.05, 3.63) is 22.2 Å². The van der Waals surface area contributed by atoms with Gasteiger partial charge in [-0.25, -0.2) is 0 Å². The maximum atomic E-state index is 5.90. The number of ether oxygens (including phenoxy) is 2. The molecule has 0 saturated carbocycles. The van der Waals surface area contributed by atoms with Crippen molar-refractivity contribution in [3.63, 3.8) is 0 Å². The van der Waals surface area contributed by atoms with Crippen LogP contribution in [0.1, 0.15) is 18.5 Å². The molecule has 0 amide bonds. The maximum Gasteiger partial charge on any atom is 0.167 e. The molecule has 1 aromatic carbocycles. The summed E-state index contributed by atoms with van der Waals surface area (Å²) in [5.41, 5.74) is 6.91. The Morgan fingerprint density at radius 2 is 2.43 bits per heavy atom. The Morgan fingerprint density at radius 1 is 1.64 bits per heavy atom. The second-order valence-electron chi connectivity index (χ2n) is 3.14. The first kappa shape index (κ1) is 9.80. The highest BCUT2D eigenvalue weighted by Gasteiger charge is 2.26. The zero-order valence-electron chi connectivity index (χ0n) is 7.92. The SMILES string of the molecule is CCOc1ccc(Br)c2c1OCC2N. The minimum Gasteiger partial charge on any atom is -0.490 e. The van der Waals surface area contributed by atoms with Crippen LogP contribution in [-0.2, 0) is 0 Å². The van der Waals surface area contributed by atoms with E-state index < -0.39 is 0 Å². The summed E-state index contributed by atoms with van der Waals surface area (Å²) in [5.74, 6) is 1.56. The lowest BCUT2D eigenvalue weighted by molar-refractivity contribution is 0.290. The number of fused-ring (bicyclic) bond motifs is 1. The van der Waals surface area contributed by atoms with Crippen LogP contribution in [0, 0.1) is 0 Å². The monoisotopic (exact) mass is 257 g/mol. The Morgan fingerprint density at radius 3 is 3.14 bits per heavy atom. The van der Waals surface area contributed by atoms with Crippen LogP contribution in [0.5, 0.6) is 11.5 Å². The fourth-order valence-corrected chi connectivity index (χ4v) is 2.18. The fraction of sp³-hybridized carbons (Fsp3) is 0.400. The van der Waals surface area contributed by atoms with Crippen molar-refractivity contribution in [1.82, 2.24) is 0 Å². The zero-order valence-corrected chi connectivity index (χ0v) is 9.50. The molecule has 14 heavy (non-hydrogen) atoms. The Kier molecular flexibility index (Phi) is 2.65. The molecular formula is C10H12BrNO2. The molecule has 4 heteroatoms. The Labute approximate surface area is 91.3 Å². The highest BCUT2D eigenvalue weighted by Crippen LogP contribution is 2.43. The molecular weight excluding hydrogens is 246 g/mol. The van der Waals surface area contributed by atoms with Gasteiger partial charge in [-0.2, -0.15) is 0 Å². The molecule has 1 aromatic rings. The van der Waals surface area contributed by atoms with Gasteiger partial charge in [0.25, 0.3) is 0 Å². The smallest absolute Gasteiger partial charge is 0.167 e. The molecule has 1 heterocycles. The number of benzene rings is 1. The van der Waals surface area contributed by atoms with Gasteiger partial charge >= 0.3 is 0 Å². The highest BCUT2D eigenvalue weighted by molar-refractivity contribution is 9.10. The maximum absolute atomic E-state index is 5.90. The summed E-state index contributed by atoms with van der Waals surface area (Å²) in [6.07, 6.45) is 0. The molecule has 0 aliphatic carbocycles. The molecule has 0 aromatic heterocycles. The first-order valence-corrected chi connectivity index (χ1v) is 5.37. The van der Waals surface area contributed by atoms with Crippen LogP contribution in [0.25, 0.3) is 0 Å². The first-order chi connectivity index (χ1) is 6.74. The Bertz CT molecular complexity index is 354. The number of rotatable bonds is 2. The molecule has 0 fully saturated rings. The minimum atomic E-state index is -0.0558. The lowest BCUT2D eigenvalue weighted by Gasteiger charge is -2.09. The third kappa shape index (κ3) is 1.48. The van der Waals surface area contributed by atoms with Crippen molar-refractivity contribution in [2.75, 3.05) is 13.2 Å². The standard InChI is InChI=1S/C10H12BrNO2/c1-2-13-8-4-3-6(11)9-7(12)5-14-10(8)9/h3-4,7H,2,5,12H2,1H3. The van der Waals surface area contributed by atoms with Crippen LogP contribution in [0.3, 0.4) is 0 Å². The Hall–Kier alpha value is -0.740. The van der Waals surface area contributed by atoms with Gasteiger partial charge in [0.05, 0.1) is 12.6 Å². The molecule has 0 radical (unpaired) electrons. The van der Waals surface area contributed by atoms with E-state index in [-0.39, 0.29) is 6.04 Å². The van der Waals surface area contributed by atoms with Gasteiger partial charge < -0.3 is 15.2 Å². The van der Waals surface area contributed by atoms with E-state index in [1.165, 1.54) is 0 Å². The van der Waals surface area contributed by atoms with E-state index in [1.54, 1.807) is 0 Å². The Balaban J connectivity index is 2.47. The summed E-state index contributed by atoms with van der Waals surface area (Å²) in [6.45, 7) is 3.11. The topological polar surface area (TPSA) is 44.5 Å². The van der Waals surface area contributed by atoms with Gasteiger partial charge in [-0.05, 0) is 19.1 Å². The van der Waals surface area contributed by atoms with Crippen molar-refractivity contribution >= 4 is 15.9 Å². The van der Waals surface area contributed by atoms with Crippen LogP contribution in [0.15, 0.2) is 16.6 Å². The van der Waals surface area contributed by atoms with Crippen LogP contribution in [0.2, 0.25) is 0 Å². The molecule has 76 valence electrons. The van der Waals surface area contributed by atoms with E-state index in [0.717, 1.165) is 21.5 Å². The summed E-state index contributed by atoms with van der Waals surface area (Å²) in [7, 11) is 0. The molecule has 1 aliphatic rings. The van der Waals surface area contributed by atoms with E-state index in [2.05, 4.69) is 15.9 Å². The average molecular weight is 258 g/mol. The number of hydrogen-bond donors (Lipinski definition) is 1. The largest absolute Gasteiger partial charge is 0.490 e. The van der Waals surface area contributed by atoms with Gasteiger partial charge in [0, 0.05) is 10.0 Å². The summed E-state index contributed by atoms with van der Waals surface area (Å²) >= 11 is 3.46. The molecule has 2 rings (SSSR count). The molecule has 3 nitrogen and oxygen atoms in total. The van der Waals surface area contributed by atoms with E-state index in [9.17, 15) is 0 Å². The molecule has 1 atom stereocenters. The normalized spacial score (nSPS) is 18.9. The molecule has 1 aliphatic heterocycles. The lowest BCUT2D eigenvalue weighted by Crippen LogP contribution is -2.11. The minimum absolute atomic E-state index is 0.0558. The zero-order chi connectivity index (χ0) is 10.1. The summed E-state index contributed by atoms with van der Waals surface area (Å²) in [4.78, 5) is 0. The van der Waals surface area contributed by atoms with Crippen LogP contribution >= 0.6 is 15.9 Å². The van der Waals surface area contributed by atoms with Crippen LogP contribution in [-0.4, -0.2) is 13.2 Å². The van der Waals surface area contributed by atoms with E-state index >= 15 is 0 Å². The first-order valence-electron chi connectivity index (χ1n) is 4.57. The van der Waals surface area contributed by atoms with Crippen molar-refractivity contribution in [2.45, 2.75) is 13.0 Å². The molecule has 1 unspecified atom stereocenters. The number of nitrogens with two attached hydrogens (primary N) is 1. The fourth-order valence-electron chi connectivity index (χ4n) is 1.58. The van der Waals surface area contributed by atoms with Gasteiger partial charge in [-0.1, -0.05) is 15.9 Å². The van der Waals surface area contributed by atoms with Crippen LogP contribution in [0.4, 0.5) is 0 Å². The van der Waals surface area contributed by atoms with Crippen molar-refractivity contribution in [3.8, 4) is 11.5 Å². The average Bonchev–Trinajstić information content (AvgIpc) is 2.54. The van der Waals surface area contributed by atoms with Crippen molar-refractivity contribution in [2.24, 2.45) is 5.73 Å². The molecule has 2 N–H and O–H groups in total. The van der Waals surface area contributed by atoms with Crippen molar-refractivity contribution in [1.29, 1.82) is 0 Å². The van der Waals surface area contributed by atoms with Gasteiger partial charge in [-0.3, -0.25) is 0 Å². The van der Waals surface area contributed by atoms with Crippen molar-refractivity contribution < 1.29 is 9.47 Å². The summed E-state index contributed by atoms with van der Waals surface area (Å²) in [5, 5.41) is 0. The third-order valence-electron chi connectivity index (χ3n) is 2.18. The quantitative estimate of drug-likeness (QED) is 0.884. The van der Waals surface area contributed by atoms with Gasteiger partial charge in [0.1, 0.15) is 6.61 Å². The number of hydrogen-bond acceptors (Lipinski definition) is 3. The molecule has 0 spiro atoms.